The third-order valence-corrected chi connectivity index (χ3v) is 3.72. The van der Waals surface area contributed by atoms with E-state index in [1.54, 1.807) is 16.2 Å². The average molecular weight is 268 g/mol. The molecule has 2 aromatic rings. The summed E-state index contributed by atoms with van der Waals surface area (Å²) in [5.74, 6) is 0.771. The van der Waals surface area contributed by atoms with Gasteiger partial charge in [-0.3, -0.25) is 0 Å². The molecule has 90 valence electrons. The number of nitrogens with zero attached hydrogens (tertiary/aromatic N) is 5. The maximum atomic E-state index is 5.64. The van der Waals surface area contributed by atoms with Crippen LogP contribution >= 0.6 is 23.1 Å². The van der Waals surface area contributed by atoms with Gasteiger partial charge in [0.1, 0.15) is 0 Å². The molecule has 0 aliphatic carbocycles. The zero-order valence-corrected chi connectivity index (χ0v) is 11.3. The minimum atomic E-state index is 0.222. The molecule has 8 heteroatoms. The highest BCUT2D eigenvalue weighted by Crippen LogP contribution is 2.28. The summed E-state index contributed by atoms with van der Waals surface area (Å²) in [6, 6.07) is 0. The monoisotopic (exact) mass is 268 g/mol. The van der Waals surface area contributed by atoms with E-state index in [1.165, 1.54) is 11.8 Å². The van der Waals surface area contributed by atoms with Crippen LogP contribution in [0.4, 0.5) is 11.9 Å². The summed E-state index contributed by atoms with van der Waals surface area (Å²) in [6.45, 7) is 1.95. The molecule has 17 heavy (non-hydrogen) atoms. The first-order chi connectivity index (χ1) is 8.04. The normalized spacial score (nSPS) is 10.5. The number of aryl methyl sites for hydroxylation is 1. The Hall–Kier alpha value is -1.41. The van der Waals surface area contributed by atoms with E-state index < -0.39 is 0 Å². The molecular weight excluding hydrogens is 256 g/mol. The number of nitrogen functional groups attached to an aromatic ring is 1. The zero-order valence-electron chi connectivity index (χ0n) is 9.71. The Bertz CT molecular complexity index is 524. The van der Waals surface area contributed by atoms with Crippen molar-refractivity contribution in [3.63, 3.8) is 0 Å². The van der Waals surface area contributed by atoms with Gasteiger partial charge in [-0.15, -0.1) is 11.3 Å². The molecule has 0 bridgehead atoms. The average Bonchev–Trinajstić information content (AvgIpc) is 2.63. The maximum Gasteiger partial charge on any atom is 0.230 e. The van der Waals surface area contributed by atoms with Gasteiger partial charge in [-0.25, -0.2) is 4.98 Å². The van der Waals surface area contributed by atoms with Crippen molar-refractivity contribution in [1.29, 1.82) is 0 Å². The molecule has 2 N–H and O–H groups in total. The van der Waals surface area contributed by atoms with E-state index in [-0.39, 0.29) is 5.95 Å². The largest absolute Gasteiger partial charge is 0.368 e. The lowest BCUT2D eigenvalue weighted by Gasteiger charge is -2.10. The van der Waals surface area contributed by atoms with Crippen LogP contribution in [0.5, 0.6) is 0 Å². The van der Waals surface area contributed by atoms with Crippen molar-refractivity contribution in [3.05, 3.63) is 11.1 Å². The second kappa shape index (κ2) is 4.84. The van der Waals surface area contributed by atoms with Crippen LogP contribution in [0.15, 0.2) is 14.9 Å². The van der Waals surface area contributed by atoms with Gasteiger partial charge in [0.25, 0.3) is 0 Å². The van der Waals surface area contributed by atoms with Crippen LogP contribution in [0.2, 0.25) is 0 Å². The highest BCUT2D eigenvalue weighted by Gasteiger charge is 2.09. The lowest BCUT2D eigenvalue weighted by molar-refractivity contribution is 0.875. The van der Waals surface area contributed by atoms with Crippen molar-refractivity contribution in [3.8, 4) is 0 Å². The SMILES string of the molecule is Cc1csc(Sc2nc(N)nc(N(C)C)n2)n1. The van der Waals surface area contributed by atoms with Crippen LogP contribution in [0, 0.1) is 6.92 Å². The second-order valence-electron chi connectivity index (χ2n) is 3.53. The Morgan fingerprint density at radius 3 is 2.59 bits per heavy atom. The van der Waals surface area contributed by atoms with E-state index in [2.05, 4.69) is 19.9 Å². The molecule has 0 aromatic carbocycles. The van der Waals surface area contributed by atoms with Crippen LogP contribution in [-0.4, -0.2) is 34.0 Å². The van der Waals surface area contributed by atoms with E-state index in [0.717, 1.165) is 10.0 Å². The Labute approximate surface area is 107 Å². The fourth-order valence-corrected chi connectivity index (χ4v) is 2.76. The van der Waals surface area contributed by atoms with E-state index in [4.69, 9.17) is 5.73 Å². The van der Waals surface area contributed by atoms with E-state index >= 15 is 0 Å². The van der Waals surface area contributed by atoms with Gasteiger partial charge in [-0.2, -0.15) is 15.0 Å². The van der Waals surface area contributed by atoms with Crippen LogP contribution in [-0.2, 0) is 0 Å². The minimum absolute atomic E-state index is 0.222. The third kappa shape index (κ3) is 3.04. The van der Waals surface area contributed by atoms with Crippen molar-refractivity contribution < 1.29 is 0 Å². The van der Waals surface area contributed by atoms with Gasteiger partial charge < -0.3 is 10.6 Å². The predicted molar refractivity (Wildman–Crippen MR) is 69.5 cm³/mol. The Morgan fingerprint density at radius 2 is 2.00 bits per heavy atom. The summed E-state index contributed by atoms with van der Waals surface area (Å²) in [6.07, 6.45) is 0. The Morgan fingerprint density at radius 1 is 1.24 bits per heavy atom. The third-order valence-electron chi connectivity index (χ3n) is 1.80. The second-order valence-corrected chi connectivity index (χ2v) is 5.60. The zero-order chi connectivity index (χ0) is 12.4. The van der Waals surface area contributed by atoms with Gasteiger partial charge in [0.2, 0.25) is 17.1 Å². The summed E-state index contributed by atoms with van der Waals surface area (Å²) in [4.78, 5) is 18.5. The highest BCUT2D eigenvalue weighted by molar-refractivity contribution is 8.00. The van der Waals surface area contributed by atoms with Gasteiger partial charge in [0.05, 0.1) is 0 Å². The van der Waals surface area contributed by atoms with Crippen molar-refractivity contribution in [2.75, 3.05) is 24.7 Å². The van der Waals surface area contributed by atoms with Crippen molar-refractivity contribution in [1.82, 2.24) is 19.9 Å². The van der Waals surface area contributed by atoms with Crippen LogP contribution in [0.25, 0.3) is 0 Å². The van der Waals surface area contributed by atoms with Gasteiger partial charge in [-0.1, -0.05) is 0 Å². The lowest BCUT2D eigenvalue weighted by atomic mass is 10.6. The molecule has 0 spiro atoms. The molecule has 0 amide bonds. The molecule has 0 atom stereocenters. The molecule has 0 saturated heterocycles. The van der Waals surface area contributed by atoms with Gasteiger partial charge >= 0.3 is 0 Å². The number of aromatic nitrogens is 4. The summed E-state index contributed by atoms with van der Waals surface area (Å²) in [7, 11) is 3.72. The van der Waals surface area contributed by atoms with Crippen LogP contribution in [0.1, 0.15) is 5.69 Å². The van der Waals surface area contributed by atoms with Gasteiger partial charge in [-0.05, 0) is 18.7 Å². The van der Waals surface area contributed by atoms with Gasteiger partial charge in [0.15, 0.2) is 4.34 Å². The molecule has 0 aliphatic rings. The Balaban J connectivity index is 2.26. The number of thiazole rings is 1. The first-order valence-electron chi connectivity index (χ1n) is 4.83. The number of nitrogens with two attached hydrogens (primary N) is 1. The molecule has 2 heterocycles. The fraction of sp³-hybridized carbons (Fsp3) is 0.333. The molecule has 2 aromatic heterocycles. The summed E-state index contributed by atoms with van der Waals surface area (Å²) in [5.41, 5.74) is 6.63. The van der Waals surface area contributed by atoms with Crippen molar-refractivity contribution in [2.24, 2.45) is 0 Å². The number of hydrogen-bond donors (Lipinski definition) is 1. The molecule has 0 fully saturated rings. The Kier molecular flexibility index (Phi) is 3.43. The van der Waals surface area contributed by atoms with Gasteiger partial charge in [0, 0.05) is 25.2 Å². The fourth-order valence-electron chi connectivity index (χ4n) is 1.06. The van der Waals surface area contributed by atoms with Crippen LogP contribution < -0.4 is 10.6 Å². The molecule has 0 aliphatic heterocycles. The van der Waals surface area contributed by atoms with E-state index in [9.17, 15) is 0 Å². The van der Waals surface area contributed by atoms with Crippen LogP contribution in [0.3, 0.4) is 0 Å². The van der Waals surface area contributed by atoms with E-state index in [1.807, 2.05) is 26.4 Å². The summed E-state index contributed by atoms with van der Waals surface area (Å²) < 4.78 is 0.901. The number of rotatable bonds is 3. The molecule has 2 rings (SSSR count). The lowest BCUT2D eigenvalue weighted by Crippen LogP contribution is -2.15. The van der Waals surface area contributed by atoms with E-state index in [0.29, 0.717) is 11.1 Å². The first kappa shape index (κ1) is 12.1. The standard InChI is InChI=1S/C9H12N6S2/c1-5-4-16-9(11-5)17-8-13-6(10)12-7(14-8)15(2)3/h4H,1-3H3,(H2,10,12,13,14). The summed E-state index contributed by atoms with van der Waals surface area (Å²) >= 11 is 2.95. The summed E-state index contributed by atoms with van der Waals surface area (Å²) in [5, 5.41) is 2.55. The number of anilines is 2. The topological polar surface area (TPSA) is 80.8 Å². The van der Waals surface area contributed by atoms with Crippen molar-refractivity contribution >= 4 is 35.0 Å². The smallest absolute Gasteiger partial charge is 0.230 e. The highest BCUT2D eigenvalue weighted by atomic mass is 32.2. The molecular formula is C9H12N6S2. The molecule has 0 unspecified atom stereocenters. The quantitative estimate of drug-likeness (QED) is 0.902. The number of hydrogen-bond acceptors (Lipinski definition) is 8. The minimum Gasteiger partial charge on any atom is -0.368 e. The molecule has 0 saturated carbocycles. The predicted octanol–water partition coefficient (Wildman–Crippen LogP) is 1.44. The van der Waals surface area contributed by atoms with Crippen molar-refractivity contribution in [2.45, 2.75) is 16.4 Å². The molecule has 0 radical (unpaired) electrons. The maximum absolute atomic E-state index is 5.64. The first-order valence-corrected chi connectivity index (χ1v) is 6.53. The molecule has 6 nitrogen and oxygen atoms in total.